The summed E-state index contributed by atoms with van der Waals surface area (Å²) in [6.45, 7) is 6.70. The van der Waals surface area contributed by atoms with E-state index in [0.29, 0.717) is 17.8 Å². The fourth-order valence-electron chi connectivity index (χ4n) is 4.04. The molecular formula is C27H29N3O3S. The second-order valence-corrected chi connectivity index (χ2v) is 8.85. The summed E-state index contributed by atoms with van der Waals surface area (Å²) in [5.41, 5.74) is 3.44. The van der Waals surface area contributed by atoms with Gasteiger partial charge in [-0.3, -0.25) is 14.5 Å². The molecule has 0 aliphatic heterocycles. The number of benzene rings is 2. The number of nitrogens with zero attached hydrogens (tertiary/aromatic N) is 1. The normalized spacial score (nSPS) is 12.1. The predicted octanol–water partition coefficient (Wildman–Crippen LogP) is 5.49. The molecule has 2 aromatic heterocycles. The summed E-state index contributed by atoms with van der Waals surface area (Å²) in [4.78, 5) is 27.5. The Morgan fingerprint density at radius 2 is 1.79 bits per heavy atom. The van der Waals surface area contributed by atoms with E-state index in [9.17, 15) is 9.59 Å². The molecule has 2 N–H and O–H groups in total. The van der Waals surface area contributed by atoms with E-state index in [1.807, 2.05) is 36.4 Å². The molecule has 34 heavy (non-hydrogen) atoms. The first-order valence-electron chi connectivity index (χ1n) is 11.5. The number of rotatable bonds is 10. The fraction of sp³-hybridized carbons (Fsp3) is 0.259. The lowest BCUT2D eigenvalue weighted by molar-refractivity contribution is -0.120. The molecule has 4 rings (SSSR count). The van der Waals surface area contributed by atoms with Gasteiger partial charge in [-0.25, -0.2) is 0 Å². The maximum atomic E-state index is 12.6. The molecule has 0 saturated heterocycles. The zero-order valence-electron chi connectivity index (χ0n) is 19.4. The topological polar surface area (TPSA) is 74.6 Å². The van der Waals surface area contributed by atoms with Crippen LogP contribution in [-0.4, -0.2) is 36.3 Å². The number of nitrogens with one attached hydrogen (secondary N) is 2. The van der Waals surface area contributed by atoms with Crippen molar-refractivity contribution in [2.45, 2.75) is 26.3 Å². The Labute approximate surface area is 203 Å². The maximum absolute atomic E-state index is 12.6. The van der Waals surface area contributed by atoms with Crippen molar-refractivity contribution in [3.8, 4) is 0 Å². The monoisotopic (exact) mass is 475 g/mol. The number of hydrogen-bond acceptors (Lipinski definition) is 5. The Morgan fingerprint density at radius 1 is 1.03 bits per heavy atom. The highest BCUT2D eigenvalue weighted by atomic mass is 32.1. The van der Waals surface area contributed by atoms with Gasteiger partial charge in [0, 0.05) is 17.6 Å². The molecule has 0 bridgehead atoms. The number of furan rings is 1. The van der Waals surface area contributed by atoms with Crippen molar-refractivity contribution in [2.24, 2.45) is 0 Å². The van der Waals surface area contributed by atoms with E-state index in [2.05, 4.69) is 46.2 Å². The van der Waals surface area contributed by atoms with Crippen LogP contribution in [0.5, 0.6) is 0 Å². The zero-order chi connectivity index (χ0) is 23.9. The zero-order valence-corrected chi connectivity index (χ0v) is 20.2. The van der Waals surface area contributed by atoms with Crippen LogP contribution in [0.4, 0.5) is 5.69 Å². The first kappa shape index (κ1) is 23.7. The van der Waals surface area contributed by atoms with E-state index in [1.165, 1.54) is 5.56 Å². The van der Waals surface area contributed by atoms with Gasteiger partial charge in [0.25, 0.3) is 5.91 Å². The average Bonchev–Trinajstić information content (AvgIpc) is 3.53. The molecule has 0 saturated carbocycles. The smallest absolute Gasteiger partial charge is 0.291 e. The predicted molar refractivity (Wildman–Crippen MR) is 137 cm³/mol. The molecule has 0 radical (unpaired) electrons. The summed E-state index contributed by atoms with van der Waals surface area (Å²) in [5.74, 6) is -0.0675. The van der Waals surface area contributed by atoms with Crippen molar-refractivity contribution in [1.82, 2.24) is 10.2 Å². The number of thiophene rings is 1. The van der Waals surface area contributed by atoms with Gasteiger partial charge in [0.1, 0.15) is 5.58 Å². The largest absolute Gasteiger partial charge is 0.451 e. The van der Waals surface area contributed by atoms with Crippen molar-refractivity contribution in [3.63, 3.8) is 0 Å². The number of amides is 2. The molecule has 0 spiro atoms. The Balaban J connectivity index is 1.32. The van der Waals surface area contributed by atoms with Crippen LogP contribution in [0.25, 0.3) is 11.0 Å². The molecule has 0 aliphatic carbocycles. The lowest BCUT2D eigenvalue weighted by Crippen LogP contribution is -2.38. The molecule has 4 aromatic rings. The molecule has 2 aromatic carbocycles. The van der Waals surface area contributed by atoms with Crippen molar-refractivity contribution in [3.05, 3.63) is 88.3 Å². The van der Waals surface area contributed by atoms with Crippen LogP contribution in [0.15, 0.2) is 75.8 Å². The Hall–Kier alpha value is -3.42. The average molecular weight is 476 g/mol. The molecule has 0 aliphatic rings. The molecule has 176 valence electrons. The number of para-hydroxylation sites is 1. The molecular weight excluding hydrogens is 446 g/mol. The van der Waals surface area contributed by atoms with E-state index < -0.39 is 0 Å². The molecule has 0 fully saturated rings. The summed E-state index contributed by atoms with van der Waals surface area (Å²) in [5, 5.41) is 11.0. The van der Waals surface area contributed by atoms with Crippen molar-refractivity contribution >= 4 is 39.8 Å². The van der Waals surface area contributed by atoms with Crippen molar-refractivity contribution in [1.29, 1.82) is 0 Å². The first-order valence-corrected chi connectivity index (χ1v) is 12.4. The Bertz CT molecular complexity index is 1190. The van der Waals surface area contributed by atoms with Crippen molar-refractivity contribution < 1.29 is 14.0 Å². The molecule has 1 unspecified atom stereocenters. The van der Waals surface area contributed by atoms with Crippen molar-refractivity contribution in [2.75, 3.05) is 25.0 Å². The van der Waals surface area contributed by atoms with Gasteiger partial charge in [0.15, 0.2) is 5.76 Å². The SMILES string of the molecule is CCN(CC)C(CNC(=O)Cc1ccc(NC(=O)c2cc3ccccc3o2)cc1)c1ccsc1. The van der Waals surface area contributed by atoms with Crippen LogP contribution >= 0.6 is 11.3 Å². The first-order chi connectivity index (χ1) is 16.6. The quantitative estimate of drug-likeness (QED) is 0.318. The van der Waals surface area contributed by atoms with Crippen LogP contribution in [0.2, 0.25) is 0 Å². The summed E-state index contributed by atoms with van der Waals surface area (Å²) in [7, 11) is 0. The van der Waals surface area contributed by atoms with E-state index in [1.54, 1.807) is 29.5 Å². The summed E-state index contributed by atoms with van der Waals surface area (Å²) >= 11 is 1.67. The molecule has 7 heteroatoms. The van der Waals surface area contributed by atoms with Gasteiger partial charge >= 0.3 is 0 Å². The molecule has 6 nitrogen and oxygen atoms in total. The second kappa shape index (κ2) is 11.1. The van der Waals surface area contributed by atoms with Gasteiger partial charge in [-0.1, -0.05) is 44.2 Å². The number of likely N-dealkylation sites (N-methyl/N-ethyl adjacent to an activating group) is 1. The van der Waals surface area contributed by atoms with Crippen LogP contribution in [0, 0.1) is 0 Å². The highest BCUT2D eigenvalue weighted by Gasteiger charge is 2.19. The number of carbonyl (C=O) groups is 2. The highest BCUT2D eigenvalue weighted by Crippen LogP contribution is 2.23. The Morgan fingerprint density at radius 3 is 2.47 bits per heavy atom. The third-order valence-corrected chi connectivity index (χ3v) is 6.60. The van der Waals surface area contributed by atoms with Gasteiger partial charge < -0.3 is 15.1 Å². The van der Waals surface area contributed by atoms with E-state index >= 15 is 0 Å². The standard InChI is InChI=1S/C27H29N3O3S/c1-3-30(4-2)23(21-13-14-34-18-21)17-28-26(31)15-19-9-11-22(12-10-19)29-27(32)25-16-20-7-5-6-8-24(20)33-25/h5-14,16,18,23H,3-4,15,17H2,1-2H3,(H,28,31)(H,29,32). The summed E-state index contributed by atoms with van der Waals surface area (Å²) in [6.07, 6.45) is 0.284. The number of anilines is 1. The van der Waals surface area contributed by atoms with Crippen LogP contribution in [0.1, 0.15) is 41.6 Å². The lowest BCUT2D eigenvalue weighted by Gasteiger charge is -2.29. The lowest BCUT2D eigenvalue weighted by atomic mass is 10.1. The number of carbonyl (C=O) groups excluding carboxylic acids is 2. The summed E-state index contributed by atoms with van der Waals surface area (Å²) < 4.78 is 5.62. The fourth-order valence-corrected chi connectivity index (χ4v) is 4.74. The minimum Gasteiger partial charge on any atom is -0.451 e. The molecule has 2 heterocycles. The van der Waals surface area contributed by atoms with E-state index in [-0.39, 0.29) is 30.0 Å². The van der Waals surface area contributed by atoms with Crippen LogP contribution < -0.4 is 10.6 Å². The van der Waals surface area contributed by atoms with Gasteiger partial charge in [0.05, 0.1) is 12.5 Å². The third-order valence-electron chi connectivity index (χ3n) is 5.90. The minimum absolute atomic E-state index is 0.0218. The Kier molecular flexibility index (Phi) is 7.77. The van der Waals surface area contributed by atoms with Gasteiger partial charge in [0.2, 0.25) is 5.91 Å². The van der Waals surface area contributed by atoms with E-state index in [4.69, 9.17) is 4.42 Å². The minimum atomic E-state index is -0.308. The number of fused-ring (bicyclic) bond motifs is 1. The third kappa shape index (κ3) is 5.73. The van der Waals surface area contributed by atoms with Gasteiger partial charge in [-0.05, 0) is 65.3 Å². The van der Waals surface area contributed by atoms with Gasteiger partial charge in [-0.15, -0.1) is 0 Å². The summed E-state index contributed by atoms with van der Waals surface area (Å²) in [6, 6.07) is 18.8. The molecule has 1 atom stereocenters. The number of hydrogen-bond donors (Lipinski definition) is 2. The van der Waals surface area contributed by atoms with E-state index in [0.717, 1.165) is 24.0 Å². The second-order valence-electron chi connectivity index (χ2n) is 8.07. The molecule has 2 amide bonds. The van der Waals surface area contributed by atoms with Gasteiger partial charge in [-0.2, -0.15) is 11.3 Å². The van der Waals surface area contributed by atoms with Crippen LogP contribution in [-0.2, 0) is 11.2 Å². The highest BCUT2D eigenvalue weighted by molar-refractivity contribution is 7.08. The van der Waals surface area contributed by atoms with Crippen LogP contribution in [0.3, 0.4) is 0 Å². The maximum Gasteiger partial charge on any atom is 0.291 e.